The molecule has 17 heavy (non-hydrogen) atoms. The van der Waals surface area contributed by atoms with Crippen molar-refractivity contribution < 1.29 is 14.6 Å². The van der Waals surface area contributed by atoms with Gasteiger partial charge in [0.2, 0.25) is 0 Å². The van der Waals surface area contributed by atoms with Crippen LogP contribution in [0.15, 0.2) is 23.4 Å². The number of carboxylic acids is 1. The van der Waals surface area contributed by atoms with Crippen LogP contribution in [0.4, 0.5) is 0 Å². The summed E-state index contributed by atoms with van der Waals surface area (Å²) in [6.07, 6.45) is 1.60. The maximum Gasteiger partial charge on any atom is 0.338 e. The lowest BCUT2D eigenvalue weighted by molar-refractivity contribution is 0.00692. The zero-order valence-corrected chi connectivity index (χ0v) is 11.1. The first-order valence-corrected chi connectivity index (χ1v) is 6.34. The molecule has 1 heterocycles. The van der Waals surface area contributed by atoms with Crippen LogP contribution in [0.5, 0.6) is 0 Å². The Kier molecular flexibility index (Phi) is 4.96. The first-order chi connectivity index (χ1) is 7.90. The number of pyridine rings is 1. The molecule has 1 aromatic heterocycles. The number of hydrogen-bond acceptors (Lipinski definition) is 4. The minimum absolute atomic E-state index is 0.166. The lowest BCUT2D eigenvalue weighted by atomic mass is 10.2. The molecule has 0 spiro atoms. The van der Waals surface area contributed by atoms with E-state index >= 15 is 0 Å². The number of aromatic nitrogens is 1. The van der Waals surface area contributed by atoms with E-state index in [-0.39, 0.29) is 11.2 Å². The Morgan fingerprint density at radius 1 is 1.53 bits per heavy atom. The predicted molar refractivity (Wildman–Crippen MR) is 67.6 cm³/mol. The van der Waals surface area contributed by atoms with E-state index in [0.29, 0.717) is 17.4 Å². The molecule has 0 saturated heterocycles. The van der Waals surface area contributed by atoms with Crippen LogP contribution in [0.2, 0.25) is 0 Å². The normalized spacial score (nSPS) is 11.5. The van der Waals surface area contributed by atoms with Crippen LogP contribution in [0.1, 0.15) is 31.1 Å². The second-order valence-electron chi connectivity index (χ2n) is 4.47. The van der Waals surface area contributed by atoms with Gasteiger partial charge in [-0.3, -0.25) is 0 Å². The number of ether oxygens (including phenoxy) is 1. The molecule has 1 aromatic rings. The van der Waals surface area contributed by atoms with Gasteiger partial charge in [-0.25, -0.2) is 9.78 Å². The van der Waals surface area contributed by atoms with E-state index in [1.54, 1.807) is 18.3 Å². The van der Waals surface area contributed by atoms with E-state index in [1.807, 2.05) is 20.8 Å². The molecule has 0 radical (unpaired) electrons. The van der Waals surface area contributed by atoms with Crippen molar-refractivity contribution in [3.8, 4) is 0 Å². The highest BCUT2D eigenvalue weighted by molar-refractivity contribution is 7.99. The fourth-order valence-electron chi connectivity index (χ4n) is 1.15. The van der Waals surface area contributed by atoms with E-state index < -0.39 is 5.97 Å². The summed E-state index contributed by atoms with van der Waals surface area (Å²) >= 11 is 1.40. The Labute approximate surface area is 105 Å². The maximum absolute atomic E-state index is 10.9. The Hall–Kier alpha value is -1.07. The highest BCUT2D eigenvalue weighted by atomic mass is 32.2. The van der Waals surface area contributed by atoms with Crippen LogP contribution >= 0.6 is 11.8 Å². The largest absolute Gasteiger partial charge is 0.478 e. The number of nitrogens with zero attached hydrogens (tertiary/aromatic N) is 1. The third-order valence-electron chi connectivity index (χ3n) is 1.86. The van der Waals surface area contributed by atoms with Gasteiger partial charge in [-0.1, -0.05) is 0 Å². The molecule has 1 N–H and O–H groups in total. The van der Waals surface area contributed by atoms with Crippen molar-refractivity contribution in [2.75, 3.05) is 12.4 Å². The summed E-state index contributed by atoms with van der Waals surface area (Å²) in [5, 5.41) is 9.51. The van der Waals surface area contributed by atoms with E-state index in [0.717, 1.165) is 0 Å². The Morgan fingerprint density at radius 2 is 2.24 bits per heavy atom. The highest BCUT2D eigenvalue weighted by Gasteiger charge is 2.12. The van der Waals surface area contributed by atoms with Crippen molar-refractivity contribution in [3.63, 3.8) is 0 Å². The molecular formula is C12H17NO3S. The lowest BCUT2D eigenvalue weighted by Crippen LogP contribution is -2.20. The molecule has 0 amide bonds. The van der Waals surface area contributed by atoms with Crippen LogP contribution in [0, 0.1) is 0 Å². The molecule has 0 bridgehead atoms. The molecule has 0 aliphatic heterocycles. The zero-order chi connectivity index (χ0) is 12.9. The highest BCUT2D eigenvalue weighted by Crippen LogP contribution is 2.20. The second kappa shape index (κ2) is 6.02. The minimum Gasteiger partial charge on any atom is -0.478 e. The van der Waals surface area contributed by atoms with Crippen molar-refractivity contribution in [3.05, 3.63) is 23.9 Å². The van der Waals surface area contributed by atoms with Gasteiger partial charge in [-0.05, 0) is 32.9 Å². The van der Waals surface area contributed by atoms with Gasteiger partial charge >= 0.3 is 5.97 Å². The number of aromatic carboxylic acids is 1. The Balaban J connectivity index is 2.49. The van der Waals surface area contributed by atoms with Gasteiger partial charge in [0.05, 0.1) is 17.8 Å². The smallest absolute Gasteiger partial charge is 0.338 e. The standard InChI is InChI=1S/C12H17NO3S/c1-12(2,3)16-7-8-17-10-9(11(14)15)5-4-6-13-10/h4-6H,7-8H2,1-3H3,(H,14,15). The monoisotopic (exact) mass is 255 g/mol. The van der Waals surface area contributed by atoms with E-state index in [4.69, 9.17) is 9.84 Å². The average Bonchev–Trinajstić information content (AvgIpc) is 2.23. The number of carboxylic acid groups (broad SMARTS) is 1. The van der Waals surface area contributed by atoms with Crippen molar-refractivity contribution in [1.82, 2.24) is 4.98 Å². The van der Waals surface area contributed by atoms with Gasteiger partial charge in [0.25, 0.3) is 0 Å². The molecule has 0 saturated carbocycles. The van der Waals surface area contributed by atoms with Crippen LogP contribution in [0.25, 0.3) is 0 Å². The second-order valence-corrected chi connectivity index (χ2v) is 5.55. The summed E-state index contributed by atoms with van der Waals surface area (Å²) in [7, 11) is 0. The van der Waals surface area contributed by atoms with E-state index in [1.165, 1.54) is 11.8 Å². The summed E-state index contributed by atoms with van der Waals surface area (Å²) < 4.78 is 5.56. The molecule has 0 aliphatic rings. The van der Waals surface area contributed by atoms with Crippen molar-refractivity contribution in [1.29, 1.82) is 0 Å². The number of rotatable bonds is 5. The maximum atomic E-state index is 10.9. The van der Waals surface area contributed by atoms with Gasteiger partial charge in [0.1, 0.15) is 5.03 Å². The fourth-order valence-corrected chi connectivity index (χ4v) is 1.96. The zero-order valence-electron chi connectivity index (χ0n) is 10.3. The van der Waals surface area contributed by atoms with Gasteiger partial charge in [0, 0.05) is 11.9 Å². The Bertz CT molecular complexity index is 388. The third-order valence-corrected chi connectivity index (χ3v) is 2.83. The number of carbonyl (C=O) groups is 1. The first kappa shape index (κ1) is 14.0. The quantitative estimate of drug-likeness (QED) is 0.647. The van der Waals surface area contributed by atoms with Gasteiger partial charge in [0.15, 0.2) is 0 Å². The summed E-state index contributed by atoms with van der Waals surface area (Å²) in [6, 6.07) is 3.18. The molecule has 94 valence electrons. The number of hydrogen-bond donors (Lipinski definition) is 1. The molecule has 0 unspecified atom stereocenters. The van der Waals surface area contributed by atoms with E-state index in [2.05, 4.69) is 4.98 Å². The summed E-state index contributed by atoms with van der Waals surface area (Å²) in [5.74, 6) is -0.258. The van der Waals surface area contributed by atoms with Gasteiger partial charge in [-0.15, -0.1) is 11.8 Å². The lowest BCUT2D eigenvalue weighted by Gasteiger charge is -2.19. The van der Waals surface area contributed by atoms with Crippen molar-refractivity contribution in [2.24, 2.45) is 0 Å². The van der Waals surface area contributed by atoms with Crippen LogP contribution < -0.4 is 0 Å². The molecule has 0 aliphatic carbocycles. The van der Waals surface area contributed by atoms with Crippen LogP contribution in [0.3, 0.4) is 0 Å². The van der Waals surface area contributed by atoms with E-state index in [9.17, 15) is 4.79 Å². The van der Waals surface area contributed by atoms with Gasteiger partial charge in [-0.2, -0.15) is 0 Å². The Morgan fingerprint density at radius 3 is 2.82 bits per heavy atom. The third kappa shape index (κ3) is 5.19. The fraction of sp³-hybridized carbons (Fsp3) is 0.500. The minimum atomic E-state index is -0.947. The molecule has 0 atom stereocenters. The SMILES string of the molecule is CC(C)(C)OCCSc1ncccc1C(=O)O. The molecule has 5 heteroatoms. The van der Waals surface area contributed by atoms with Crippen molar-refractivity contribution >= 4 is 17.7 Å². The van der Waals surface area contributed by atoms with Crippen molar-refractivity contribution in [2.45, 2.75) is 31.4 Å². The average molecular weight is 255 g/mol. The summed E-state index contributed by atoms with van der Waals surface area (Å²) in [4.78, 5) is 15.0. The molecule has 0 aromatic carbocycles. The topological polar surface area (TPSA) is 59.4 Å². The van der Waals surface area contributed by atoms with Crippen LogP contribution in [-0.2, 0) is 4.74 Å². The summed E-state index contributed by atoms with van der Waals surface area (Å²) in [5.41, 5.74) is 0.0774. The predicted octanol–water partition coefficient (Wildman–Crippen LogP) is 2.69. The van der Waals surface area contributed by atoms with Crippen LogP contribution in [-0.4, -0.2) is 34.0 Å². The number of thioether (sulfide) groups is 1. The molecule has 1 rings (SSSR count). The molecule has 4 nitrogen and oxygen atoms in total. The molecular weight excluding hydrogens is 238 g/mol. The first-order valence-electron chi connectivity index (χ1n) is 5.35. The molecule has 0 fully saturated rings. The van der Waals surface area contributed by atoms with Gasteiger partial charge < -0.3 is 9.84 Å². The summed E-state index contributed by atoms with van der Waals surface area (Å²) in [6.45, 7) is 6.53.